The van der Waals surface area contributed by atoms with Crippen LogP contribution in [0.2, 0.25) is 0 Å². The fraction of sp³-hybridized carbons (Fsp3) is 0.444. The smallest absolute Gasteiger partial charge is 0.149 e. The normalized spacial score (nSPS) is 13.1. The third-order valence-corrected chi connectivity index (χ3v) is 3.55. The number of aromatic nitrogens is 2. The molecule has 2 rings (SSSR count). The largest absolute Gasteiger partial charge is 0.304 e. The first kappa shape index (κ1) is 15.6. The number of nitrogens with zero attached hydrogens (tertiary/aromatic N) is 2. The molecule has 0 saturated heterocycles. The van der Waals surface area contributed by atoms with Gasteiger partial charge >= 0.3 is 0 Å². The van der Waals surface area contributed by atoms with Gasteiger partial charge in [-0.3, -0.25) is 0 Å². The van der Waals surface area contributed by atoms with Crippen molar-refractivity contribution in [2.24, 2.45) is 0 Å². The standard InChI is InChI=1S/C18H25N3/c1-5-11-19-16(17-20-12-6-13-21-17)14-7-9-15(10-8-14)18(2,3)4/h6-10,12-13,16,19H,5,11H2,1-4H3. The van der Waals surface area contributed by atoms with Crippen molar-refractivity contribution < 1.29 is 0 Å². The maximum Gasteiger partial charge on any atom is 0.149 e. The van der Waals surface area contributed by atoms with Crippen molar-refractivity contribution >= 4 is 0 Å². The van der Waals surface area contributed by atoms with E-state index in [4.69, 9.17) is 0 Å². The Hall–Kier alpha value is -1.74. The summed E-state index contributed by atoms with van der Waals surface area (Å²) < 4.78 is 0. The van der Waals surface area contributed by atoms with E-state index in [9.17, 15) is 0 Å². The van der Waals surface area contributed by atoms with Crippen LogP contribution in [0.3, 0.4) is 0 Å². The first-order valence-corrected chi connectivity index (χ1v) is 7.63. The molecule has 1 aromatic heterocycles. The van der Waals surface area contributed by atoms with Gasteiger partial charge in [0.15, 0.2) is 0 Å². The van der Waals surface area contributed by atoms with Gasteiger partial charge in [0.25, 0.3) is 0 Å². The first-order chi connectivity index (χ1) is 10.0. The van der Waals surface area contributed by atoms with Crippen LogP contribution in [0.4, 0.5) is 0 Å². The van der Waals surface area contributed by atoms with Gasteiger partial charge in [-0.2, -0.15) is 0 Å². The van der Waals surface area contributed by atoms with E-state index in [1.807, 2.05) is 6.07 Å². The van der Waals surface area contributed by atoms with Crippen LogP contribution in [0, 0.1) is 0 Å². The van der Waals surface area contributed by atoms with E-state index in [1.165, 1.54) is 11.1 Å². The SMILES string of the molecule is CCCNC(c1ccc(C(C)(C)C)cc1)c1ncccn1. The zero-order valence-electron chi connectivity index (χ0n) is 13.4. The van der Waals surface area contributed by atoms with Crippen LogP contribution < -0.4 is 5.32 Å². The molecule has 0 bridgehead atoms. The minimum atomic E-state index is 0.0557. The molecule has 1 heterocycles. The minimum absolute atomic E-state index is 0.0557. The van der Waals surface area contributed by atoms with Crippen LogP contribution in [0.5, 0.6) is 0 Å². The first-order valence-electron chi connectivity index (χ1n) is 7.63. The summed E-state index contributed by atoms with van der Waals surface area (Å²) in [6, 6.07) is 10.7. The summed E-state index contributed by atoms with van der Waals surface area (Å²) >= 11 is 0. The minimum Gasteiger partial charge on any atom is -0.304 e. The van der Waals surface area contributed by atoms with Crippen LogP contribution in [-0.2, 0) is 5.41 Å². The van der Waals surface area contributed by atoms with Gasteiger partial charge in [-0.15, -0.1) is 0 Å². The van der Waals surface area contributed by atoms with Crippen LogP contribution >= 0.6 is 0 Å². The third kappa shape index (κ3) is 4.11. The highest BCUT2D eigenvalue weighted by atomic mass is 15.0. The highest BCUT2D eigenvalue weighted by Gasteiger charge is 2.18. The number of nitrogens with one attached hydrogen (secondary N) is 1. The summed E-state index contributed by atoms with van der Waals surface area (Å²) in [5.41, 5.74) is 2.73. The highest BCUT2D eigenvalue weighted by molar-refractivity contribution is 5.31. The van der Waals surface area contributed by atoms with Gasteiger partial charge < -0.3 is 5.32 Å². The zero-order valence-corrected chi connectivity index (χ0v) is 13.4. The second-order valence-electron chi connectivity index (χ2n) is 6.37. The molecule has 112 valence electrons. The second-order valence-corrected chi connectivity index (χ2v) is 6.37. The Balaban J connectivity index is 2.29. The summed E-state index contributed by atoms with van der Waals surface area (Å²) in [6.07, 6.45) is 4.68. The van der Waals surface area contributed by atoms with Gasteiger partial charge in [-0.1, -0.05) is 52.0 Å². The van der Waals surface area contributed by atoms with Crippen molar-refractivity contribution in [1.82, 2.24) is 15.3 Å². The molecular weight excluding hydrogens is 258 g/mol. The Morgan fingerprint density at radius 3 is 2.19 bits per heavy atom. The van der Waals surface area contributed by atoms with Crippen molar-refractivity contribution in [2.45, 2.75) is 45.6 Å². The summed E-state index contributed by atoms with van der Waals surface area (Å²) in [5.74, 6) is 0.828. The average molecular weight is 283 g/mol. The average Bonchev–Trinajstić information content (AvgIpc) is 2.48. The molecule has 1 atom stereocenters. The van der Waals surface area contributed by atoms with E-state index in [0.717, 1.165) is 18.8 Å². The van der Waals surface area contributed by atoms with E-state index in [1.54, 1.807) is 12.4 Å². The zero-order chi connectivity index (χ0) is 15.3. The lowest BCUT2D eigenvalue weighted by atomic mass is 9.86. The molecule has 0 spiro atoms. The Labute approximate surface area is 127 Å². The second kappa shape index (κ2) is 6.81. The maximum absolute atomic E-state index is 4.41. The van der Waals surface area contributed by atoms with E-state index in [2.05, 4.69) is 67.2 Å². The fourth-order valence-electron chi connectivity index (χ4n) is 2.28. The van der Waals surface area contributed by atoms with Crippen LogP contribution in [-0.4, -0.2) is 16.5 Å². The lowest BCUT2D eigenvalue weighted by Gasteiger charge is -2.21. The molecule has 1 aromatic carbocycles. The van der Waals surface area contributed by atoms with E-state index in [0.29, 0.717) is 0 Å². The van der Waals surface area contributed by atoms with Gasteiger partial charge in [0, 0.05) is 12.4 Å². The number of benzene rings is 1. The molecule has 1 N–H and O–H groups in total. The highest BCUT2D eigenvalue weighted by Crippen LogP contribution is 2.25. The quantitative estimate of drug-likeness (QED) is 0.905. The Kier molecular flexibility index (Phi) is 5.07. The molecule has 0 radical (unpaired) electrons. The van der Waals surface area contributed by atoms with Crippen LogP contribution in [0.15, 0.2) is 42.7 Å². The molecule has 0 aliphatic carbocycles. The molecule has 0 saturated carbocycles. The van der Waals surface area contributed by atoms with Crippen molar-refractivity contribution in [1.29, 1.82) is 0 Å². The summed E-state index contributed by atoms with van der Waals surface area (Å²) in [4.78, 5) is 8.81. The van der Waals surface area contributed by atoms with Crippen molar-refractivity contribution in [3.05, 3.63) is 59.7 Å². The van der Waals surface area contributed by atoms with Crippen molar-refractivity contribution in [2.75, 3.05) is 6.54 Å². The van der Waals surface area contributed by atoms with Gasteiger partial charge in [0.2, 0.25) is 0 Å². The molecule has 2 aromatic rings. The summed E-state index contributed by atoms with van der Waals surface area (Å²) in [5, 5.41) is 3.54. The van der Waals surface area contributed by atoms with Gasteiger partial charge in [0.05, 0.1) is 6.04 Å². The molecular formula is C18H25N3. The molecule has 0 fully saturated rings. The molecule has 3 nitrogen and oxygen atoms in total. The van der Waals surface area contributed by atoms with E-state index < -0.39 is 0 Å². The van der Waals surface area contributed by atoms with Gasteiger partial charge in [-0.25, -0.2) is 9.97 Å². The van der Waals surface area contributed by atoms with Crippen molar-refractivity contribution in [3.8, 4) is 0 Å². The summed E-state index contributed by atoms with van der Waals surface area (Å²) in [7, 11) is 0. The Morgan fingerprint density at radius 1 is 1.05 bits per heavy atom. The van der Waals surface area contributed by atoms with Crippen molar-refractivity contribution in [3.63, 3.8) is 0 Å². The molecule has 0 amide bonds. The predicted molar refractivity (Wildman–Crippen MR) is 87.3 cm³/mol. The topological polar surface area (TPSA) is 37.8 Å². The lowest BCUT2D eigenvalue weighted by molar-refractivity contribution is 0.568. The molecule has 0 aliphatic heterocycles. The van der Waals surface area contributed by atoms with Crippen LogP contribution in [0.25, 0.3) is 0 Å². The predicted octanol–water partition coefficient (Wildman–Crippen LogP) is 3.86. The lowest BCUT2D eigenvalue weighted by Crippen LogP contribution is -2.25. The third-order valence-electron chi connectivity index (χ3n) is 3.55. The fourth-order valence-corrected chi connectivity index (χ4v) is 2.28. The molecule has 0 aliphatic rings. The maximum atomic E-state index is 4.41. The Morgan fingerprint density at radius 2 is 1.67 bits per heavy atom. The number of rotatable bonds is 5. The summed E-state index contributed by atoms with van der Waals surface area (Å²) in [6.45, 7) is 9.81. The van der Waals surface area contributed by atoms with Crippen LogP contribution in [0.1, 0.15) is 57.1 Å². The number of hydrogen-bond acceptors (Lipinski definition) is 3. The Bertz CT molecular complexity index is 541. The van der Waals surface area contributed by atoms with Gasteiger partial charge in [0.1, 0.15) is 5.82 Å². The number of hydrogen-bond donors (Lipinski definition) is 1. The molecule has 1 unspecified atom stereocenters. The molecule has 21 heavy (non-hydrogen) atoms. The van der Waals surface area contributed by atoms with Gasteiger partial charge in [-0.05, 0) is 35.6 Å². The molecule has 3 heteroatoms. The van der Waals surface area contributed by atoms with E-state index >= 15 is 0 Å². The van der Waals surface area contributed by atoms with E-state index in [-0.39, 0.29) is 11.5 Å². The monoisotopic (exact) mass is 283 g/mol.